The summed E-state index contributed by atoms with van der Waals surface area (Å²) in [6, 6.07) is 21.3. The molecule has 19 heavy (non-hydrogen) atoms. The second kappa shape index (κ2) is 3.99. The summed E-state index contributed by atoms with van der Waals surface area (Å²) in [5, 5.41) is 5.06. The molecule has 0 radical (unpaired) electrons. The van der Waals surface area contributed by atoms with Crippen LogP contribution in [0.3, 0.4) is 0 Å². The maximum atomic E-state index is 5.27. The van der Waals surface area contributed by atoms with Gasteiger partial charge in [-0.15, -0.1) is 0 Å². The Morgan fingerprint density at radius 2 is 1.32 bits per heavy atom. The molecule has 0 unspecified atom stereocenters. The molecule has 1 nitrogen and oxygen atoms in total. The van der Waals surface area contributed by atoms with E-state index in [1.165, 1.54) is 27.1 Å². The van der Waals surface area contributed by atoms with Crippen molar-refractivity contribution in [3.05, 3.63) is 73.2 Å². The normalized spacial score (nSPS) is 11.2. The largest absolute Gasteiger partial charge is 0.472 e. The first-order chi connectivity index (χ1) is 9.43. The lowest BCUT2D eigenvalue weighted by Crippen LogP contribution is -1.83. The lowest BCUT2D eigenvalue weighted by Gasteiger charge is -2.09. The van der Waals surface area contributed by atoms with Gasteiger partial charge >= 0.3 is 0 Å². The summed E-state index contributed by atoms with van der Waals surface area (Å²) in [5.74, 6) is 0. The maximum absolute atomic E-state index is 5.27. The molecule has 90 valence electrons. The standard InChI is InChI=1S/C18H12O/c1-3-7-16-13(5-1)11-14-6-2-4-8-17(14)18(16)15-9-10-19-12-15/h1-12H. The molecule has 1 heteroatoms. The molecule has 0 bridgehead atoms. The van der Waals surface area contributed by atoms with Crippen LogP contribution in [-0.4, -0.2) is 0 Å². The maximum Gasteiger partial charge on any atom is 0.0981 e. The Labute approximate surface area is 111 Å². The van der Waals surface area contributed by atoms with E-state index in [0.29, 0.717) is 0 Å². The summed E-state index contributed by atoms with van der Waals surface area (Å²) < 4.78 is 5.27. The molecule has 0 amide bonds. The van der Waals surface area contributed by atoms with Gasteiger partial charge < -0.3 is 4.42 Å². The predicted molar refractivity (Wildman–Crippen MR) is 79.2 cm³/mol. The monoisotopic (exact) mass is 244 g/mol. The Morgan fingerprint density at radius 1 is 0.684 bits per heavy atom. The van der Waals surface area contributed by atoms with Gasteiger partial charge in [0.2, 0.25) is 0 Å². The van der Waals surface area contributed by atoms with E-state index < -0.39 is 0 Å². The van der Waals surface area contributed by atoms with Crippen LogP contribution in [0, 0.1) is 0 Å². The highest BCUT2D eigenvalue weighted by Gasteiger charge is 2.09. The molecule has 1 heterocycles. The van der Waals surface area contributed by atoms with Crippen LogP contribution in [-0.2, 0) is 0 Å². The van der Waals surface area contributed by atoms with Gasteiger partial charge in [-0.2, -0.15) is 0 Å². The molecule has 0 fully saturated rings. The number of hydrogen-bond donors (Lipinski definition) is 0. The quantitative estimate of drug-likeness (QED) is 0.417. The first-order valence-corrected chi connectivity index (χ1v) is 6.36. The molecule has 0 N–H and O–H groups in total. The molecular weight excluding hydrogens is 232 g/mol. The van der Waals surface area contributed by atoms with Gasteiger partial charge in [0.15, 0.2) is 0 Å². The molecule has 0 aliphatic rings. The van der Waals surface area contributed by atoms with Gasteiger partial charge in [0, 0.05) is 11.1 Å². The van der Waals surface area contributed by atoms with Crippen molar-refractivity contribution >= 4 is 21.5 Å². The van der Waals surface area contributed by atoms with Gasteiger partial charge in [-0.25, -0.2) is 0 Å². The van der Waals surface area contributed by atoms with Gasteiger partial charge in [0.05, 0.1) is 12.5 Å². The zero-order valence-corrected chi connectivity index (χ0v) is 10.3. The van der Waals surface area contributed by atoms with E-state index in [0.717, 1.165) is 5.56 Å². The molecule has 4 aromatic rings. The van der Waals surface area contributed by atoms with E-state index in [1.807, 2.05) is 12.3 Å². The average molecular weight is 244 g/mol. The highest BCUT2D eigenvalue weighted by atomic mass is 16.3. The minimum absolute atomic E-state index is 1.13. The Kier molecular flexibility index (Phi) is 2.18. The van der Waals surface area contributed by atoms with Crippen LogP contribution in [0.4, 0.5) is 0 Å². The summed E-state index contributed by atoms with van der Waals surface area (Å²) in [5.41, 5.74) is 2.38. The predicted octanol–water partition coefficient (Wildman–Crippen LogP) is 5.25. The molecule has 0 aliphatic carbocycles. The van der Waals surface area contributed by atoms with Crippen LogP contribution >= 0.6 is 0 Å². The van der Waals surface area contributed by atoms with E-state index in [4.69, 9.17) is 4.42 Å². The number of fused-ring (bicyclic) bond motifs is 2. The number of hydrogen-bond acceptors (Lipinski definition) is 1. The summed E-state index contributed by atoms with van der Waals surface area (Å²) >= 11 is 0. The SMILES string of the molecule is c1ccc2c(-c3ccoc3)c3ccccc3cc2c1. The van der Waals surface area contributed by atoms with Crippen LogP contribution in [0.15, 0.2) is 77.6 Å². The molecular formula is C18H12O. The Morgan fingerprint density at radius 3 is 1.89 bits per heavy atom. The van der Waals surface area contributed by atoms with E-state index in [9.17, 15) is 0 Å². The van der Waals surface area contributed by atoms with Crippen molar-refractivity contribution in [2.24, 2.45) is 0 Å². The zero-order chi connectivity index (χ0) is 12.7. The fourth-order valence-corrected chi connectivity index (χ4v) is 2.73. The fourth-order valence-electron chi connectivity index (χ4n) is 2.73. The van der Waals surface area contributed by atoms with Gasteiger partial charge in [0.1, 0.15) is 0 Å². The van der Waals surface area contributed by atoms with Crippen molar-refractivity contribution in [2.75, 3.05) is 0 Å². The number of rotatable bonds is 1. The van der Waals surface area contributed by atoms with Crippen LogP contribution in [0.5, 0.6) is 0 Å². The molecule has 0 aliphatic heterocycles. The molecule has 3 aromatic carbocycles. The van der Waals surface area contributed by atoms with Crippen LogP contribution in [0.25, 0.3) is 32.7 Å². The van der Waals surface area contributed by atoms with E-state index in [2.05, 4.69) is 54.6 Å². The van der Waals surface area contributed by atoms with Crippen LogP contribution in [0.2, 0.25) is 0 Å². The topological polar surface area (TPSA) is 13.1 Å². The summed E-state index contributed by atoms with van der Waals surface area (Å²) in [7, 11) is 0. The van der Waals surface area contributed by atoms with Gasteiger partial charge in [-0.3, -0.25) is 0 Å². The first kappa shape index (κ1) is 10.4. The third kappa shape index (κ3) is 1.55. The van der Waals surface area contributed by atoms with E-state index in [1.54, 1.807) is 6.26 Å². The molecule has 1 aromatic heterocycles. The van der Waals surface area contributed by atoms with E-state index in [-0.39, 0.29) is 0 Å². The Bertz CT molecular complexity index is 803. The molecule has 0 atom stereocenters. The van der Waals surface area contributed by atoms with Gasteiger partial charge in [-0.1, -0.05) is 48.5 Å². The number of furan rings is 1. The van der Waals surface area contributed by atoms with Gasteiger partial charge in [-0.05, 0) is 33.7 Å². The third-order valence-electron chi connectivity index (χ3n) is 3.58. The van der Waals surface area contributed by atoms with Gasteiger partial charge in [0.25, 0.3) is 0 Å². The average Bonchev–Trinajstić information content (AvgIpc) is 2.98. The molecule has 4 rings (SSSR count). The molecule has 0 saturated heterocycles. The second-order valence-electron chi connectivity index (χ2n) is 4.71. The minimum Gasteiger partial charge on any atom is -0.472 e. The summed E-state index contributed by atoms with van der Waals surface area (Å²) in [6.07, 6.45) is 3.54. The zero-order valence-electron chi connectivity index (χ0n) is 10.3. The summed E-state index contributed by atoms with van der Waals surface area (Å²) in [4.78, 5) is 0. The lowest BCUT2D eigenvalue weighted by atomic mass is 9.93. The minimum atomic E-state index is 1.13. The van der Waals surface area contributed by atoms with Crippen LogP contribution in [0.1, 0.15) is 0 Å². The van der Waals surface area contributed by atoms with Crippen molar-refractivity contribution in [3.63, 3.8) is 0 Å². The molecule has 0 saturated carbocycles. The molecule has 0 spiro atoms. The Hall–Kier alpha value is -2.54. The van der Waals surface area contributed by atoms with Crippen LogP contribution < -0.4 is 0 Å². The van der Waals surface area contributed by atoms with E-state index >= 15 is 0 Å². The van der Waals surface area contributed by atoms with Crippen molar-refractivity contribution < 1.29 is 4.42 Å². The third-order valence-corrected chi connectivity index (χ3v) is 3.58. The number of benzene rings is 3. The second-order valence-corrected chi connectivity index (χ2v) is 4.71. The highest BCUT2D eigenvalue weighted by Crippen LogP contribution is 2.36. The van der Waals surface area contributed by atoms with Crippen molar-refractivity contribution in [1.29, 1.82) is 0 Å². The van der Waals surface area contributed by atoms with Crippen molar-refractivity contribution in [1.82, 2.24) is 0 Å². The lowest BCUT2D eigenvalue weighted by molar-refractivity contribution is 0.568. The first-order valence-electron chi connectivity index (χ1n) is 6.36. The Balaban J connectivity index is 2.27. The summed E-state index contributed by atoms with van der Waals surface area (Å²) in [6.45, 7) is 0. The fraction of sp³-hybridized carbons (Fsp3) is 0. The highest BCUT2D eigenvalue weighted by molar-refractivity contribution is 6.12. The van der Waals surface area contributed by atoms with Crippen molar-refractivity contribution in [2.45, 2.75) is 0 Å². The van der Waals surface area contributed by atoms with Crippen molar-refractivity contribution in [3.8, 4) is 11.1 Å². The smallest absolute Gasteiger partial charge is 0.0981 e.